The molecule has 0 aliphatic carbocycles. The van der Waals surface area contributed by atoms with E-state index in [4.69, 9.17) is 4.74 Å². The van der Waals surface area contributed by atoms with Crippen molar-refractivity contribution in [3.63, 3.8) is 0 Å². The fraction of sp³-hybridized carbons (Fsp3) is 0.867. The number of hydrogen-bond donors (Lipinski definition) is 2. The van der Waals surface area contributed by atoms with E-state index < -0.39 is 0 Å². The predicted molar refractivity (Wildman–Crippen MR) is 168 cm³/mol. The number of rotatable bonds is 0. The third-order valence-electron chi connectivity index (χ3n) is 7.27. The van der Waals surface area contributed by atoms with Crippen LogP contribution in [0.1, 0.15) is 32.1 Å². The number of morpholine rings is 1. The third-order valence-corrected chi connectivity index (χ3v) is 7.27. The van der Waals surface area contributed by atoms with E-state index in [2.05, 4.69) is 87.4 Å². The molecule has 6 aliphatic rings. The summed E-state index contributed by atoms with van der Waals surface area (Å²) in [4.78, 5) is 13.7. The molecule has 0 aromatic heterocycles. The number of likely N-dealkylation sites (tertiary alicyclic amines) is 2. The Morgan fingerprint density at radius 1 is 0.538 bits per heavy atom. The van der Waals surface area contributed by atoms with Crippen molar-refractivity contribution in [3.8, 4) is 0 Å². The molecule has 39 heavy (non-hydrogen) atoms. The summed E-state index contributed by atoms with van der Waals surface area (Å²) in [6.45, 7) is 17.3. The van der Waals surface area contributed by atoms with Crippen molar-refractivity contribution in [1.82, 2.24) is 40.0 Å². The van der Waals surface area contributed by atoms with Gasteiger partial charge in [-0.15, -0.1) is 0 Å². The van der Waals surface area contributed by atoms with Crippen molar-refractivity contribution in [3.05, 3.63) is 24.6 Å². The molecule has 0 unspecified atom stereocenters. The smallest absolute Gasteiger partial charge is 0.0864 e. The molecule has 6 heterocycles. The monoisotopic (exact) mass is 553 g/mol. The Balaban J connectivity index is 0.000000234. The molecule has 9 heteroatoms. The average Bonchev–Trinajstić information content (AvgIpc) is 3.73. The van der Waals surface area contributed by atoms with Crippen molar-refractivity contribution in [2.45, 2.75) is 32.1 Å². The van der Waals surface area contributed by atoms with E-state index in [0.717, 1.165) is 59.2 Å². The fourth-order valence-electron chi connectivity index (χ4n) is 4.37. The molecule has 0 amide bonds. The molecule has 230 valence electrons. The second kappa shape index (κ2) is 24.6. The molecule has 0 atom stereocenters. The molecule has 0 aromatic carbocycles. The lowest BCUT2D eigenvalue weighted by Crippen LogP contribution is -2.40. The van der Waals surface area contributed by atoms with Gasteiger partial charge in [0, 0.05) is 71.8 Å². The minimum Gasteiger partial charge on any atom is -0.379 e. The zero-order chi connectivity index (χ0) is 28.6. The van der Waals surface area contributed by atoms with Crippen LogP contribution in [0.5, 0.6) is 0 Å². The highest BCUT2D eigenvalue weighted by molar-refractivity contribution is 4.93. The predicted octanol–water partition coefficient (Wildman–Crippen LogP) is 1.72. The topological polar surface area (TPSA) is 52.7 Å². The van der Waals surface area contributed by atoms with Crippen LogP contribution in [-0.2, 0) is 4.74 Å². The molecular weight excluding hydrogens is 488 g/mol. The normalized spacial score (nSPS) is 23.9. The molecule has 0 spiro atoms. The first-order valence-corrected chi connectivity index (χ1v) is 15.3. The van der Waals surface area contributed by atoms with Crippen molar-refractivity contribution < 1.29 is 4.74 Å². The van der Waals surface area contributed by atoms with E-state index in [1.165, 1.54) is 71.4 Å². The van der Waals surface area contributed by atoms with Gasteiger partial charge >= 0.3 is 0 Å². The summed E-state index contributed by atoms with van der Waals surface area (Å²) in [6.07, 6.45) is 15.4. The Kier molecular flexibility index (Phi) is 22.6. The second-order valence-corrected chi connectivity index (χ2v) is 11.5. The molecule has 0 bridgehead atoms. The van der Waals surface area contributed by atoms with Crippen LogP contribution in [0.4, 0.5) is 0 Å². The van der Waals surface area contributed by atoms with E-state index in [1.54, 1.807) is 0 Å². The quantitative estimate of drug-likeness (QED) is 0.438. The number of nitrogens with one attached hydrogen (secondary N) is 2. The van der Waals surface area contributed by atoms with Gasteiger partial charge in [0.05, 0.1) is 19.9 Å². The number of piperazine rings is 1. The average molecular weight is 553 g/mol. The van der Waals surface area contributed by atoms with Crippen LogP contribution < -0.4 is 10.6 Å². The van der Waals surface area contributed by atoms with Crippen LogP contribution >= 0.6 is 0 Å². The zero-order valence-corrected chi connectivity index (χ0v) is 26.5. The number of hydrogen-bond acceptors (Lipinski definition) is 9. The van der Waals surface area contributed by atoms with Crippen molar-refractivity contribution in [1.29, 1.82) is 0 Å². The van der Waals surface area contributed by atoms with Crippen LogP contribution in [-0.4, -0.2) is 170 Å². The van der Waals surface area contributed by atoms with Crippen LogP contribution in [0, 0.1) is 0 Å². The summed E-state index contributed by atoms with van der Waals surface area (Å²) in [5.74, 6) is 0. The first-order chi connectivity index (χ1) is 18.9. The molecular formula is C30H64N8O. The number of ether oxygens (including phenoxy) is 1. The van der Waals surface area contributed by atoms with Crippen molar-refractivity contribution in [2.75, 3.05) is 141 Å². The van der Waals surface area contributed by atoms with Gasteiger partial charge in [0.2, 0.25) is 0 Å². The molecule has 9 nitrogen and oxygen atoms in total. The van der Waals surface area contributed by atoms with E-state index in [0.29, 0.717) is 0 Å². The van der Waals surface area contributed by atoms with E-state index in [1.807, 2.05) is 19.4 Å². The highest BCUT2D eigenvalue weighted by Gasteiger charge is 2.04. The van der Waals surface area contributed by atoms with Gasteiger partial charge in [0.25, 0.3) is 0 Å². The molecule has 0 radical (unpaired) electrons. The van der Waals surface area contributed by atoms with E-state index in [-0.39, 0.29) is 0 Å². The fourth-order valence-corrected chi connectivity index (χ4v) is 4.37. The molecule has 4 fully saturated rings. The van der Waals surface area contributed by atoms with Gasteiger partial charge in [-0.1, -0.05) is 18.6 Å². The Hall–Kier alpha value is -1.20. The minimum absolute atomic E-state index is 0.913. The number of nitrogens with zero attached hydrogens (tertiary/aromatic N) is 6. The summed E-state index contributed by atoms with van der Waals surface area (Å²) in [7, 11) is 12.8. The van der Waals surface area contributed by atoms with E-state index >= 15 is 0 Å². The highest BCUT2D eigenvalue weighted by Crippen LogP contribution is 2.04. The third kappa shape index (κ3) is 23.2. The summed E-state index contributed by atoms with van der Waals surface area (Å²) >= 11 is 0. The van der Waals surface area contributed by atoms with Crippen molar-refractivity contribution >= 4 is 0 Å². The maximum atomic E-state index is 5.10. The van der Waals surface area contributed by atoms with Gasteiger partial charge in [0.1, 0.15) is 0 Å². The molecule has 6 aliphatic heterocycles. The van der Waals surface area contributed by atoms with Gasteiger partial charge in [-0.05, 0) is 87.1 Å². The molecule has 2 N–H and O–H groups in total. The minimum atomic E-state index is 0.913. The zero-order valence-electron chi connectivity index (χ0n) is 26.5. The maximum absolute atomic E-state index is 5.10. The molecule has 6 rings (SSSR count). The summed E-state index contributed by atoms with van der Waals surface area (Å²) in [5.41, 5.74) is 0. The number of piperidine rings is 1. The van der Waals surface area contributed by atoms with Crippen LogP contribution in [0.25, 0.3) is 0 Å². The van der Waals surface area contributed by atoms with Gasteiger partial charge in [-0.2, -0.15) is 0 Å². The molecule has 0 aromatic rings. The first-order valence-electron chi connectivity index (χ1n) is 15.3. The lowest BCUT2D eigenvalue weighted by atomic mass is 10.1. The standard InChI is InChI=1S/C6H13N.C5H12N2.C5H11NO.C5H11N.C5H9N.C4H8N2/c1-7-5-3-2-4-6-7;1-7-4-2-6-3-5-7;1-6-2-4-7-5-3-6;2*1-6-4-2-3-5-6;1-6-3-2-5-4-6/h2-6H2,1H3;6H,2-5H2,1H3;2-5H2,1H3;2-5H2,1H3;2-3H,4-5H2,1H3;2-3,5H,4H2,1H3. The van der Waals surface area contributed by atoms with Gasteiger partial charge in [-0.3, -0.25) is 4.90 Å². The Morgan fingerprint density at radius 2 is 1.00 bits per heavy atom. The highest BCUT2D eigenvalue weighted by atomic mass is 16.5. The number of likely N-dealkylation sites (N-methyl/N-ethyl adjacent to an activating group) is 3. The molecule has 0 saturated carbocycles. The van der Waals surface area contributed by atoms with Crippen LogP contribution in [0.2, 0.25) is 0 Å². The summed E-state index contributed by atoms with van der Waals surface area (Å²) in [5, 5.41) is 6.29. The van der Waals surface area contributed by atoms with Gasteiger partial charge in [0.15, 0.2) is 0 Å². The Morgan fingerprint density at radius 3 is 1.21 bits per heavy atom. The SMILES string of the molecule is CN1C=CNC1.CN1CC=CC1.CN1CCCC1.CN1CCCCC1.CN1CCNCC1.CN1CCOCC1. The first kappa shape index (κ1) is 35.8. The Bertz CT molecular complexity index is 535. The largest absolute Gasteiger partial charge is 0.379 e. The maximum Gasteiger partial charge on any atom is 0.0864 e. The van der Waals surface area contributed by atoms with Gasteiger partial charge < -0.3 is 39.9 Å². The van der Waals surface area contributed by atoms with E-state index in [9.17, 15) is 0 Å². The summed E-state index contributed by atoms with van der Waals surface area (Å²) in [6, 6.07) is 0. The van der Waals surface area contributed by atoms with Crippen LogP contribution in [0.3, 0.4) is 0 Å². The lowest BCUT2D eigenvalue weighted by molar-refractivity contribution is 0.0503. The molecule has 4 saturated heterocycles. The van der Waals surface area contributed by atoms with Crippen molar-refractivity contribution in [2.24, 2.45) is 0 Å². The van der Waals surface area contributed by atoms with Crippen LogP contribution in [0.15, 0.2) is 24.6 Å². The second-order valence-electron chi connectivity index (χ2n) is 11.5. The Labute approximate surface area is 242 Å². The lowest BCUT2D eigenvalue weighted by Gasteiger charge is -2.21. The van der Waals surface area contributed by atoms with Gasteiger partial charge in [-0.25, -0.2) is 0 Å². The summed E-state index contributed by atoms with van der Waals surface area (Å²) < 4.78 is 5.10.